The van der Waals surface area contributed by atoms with E-state index in [4.69, 9.17) is 16.4 Å². The van der Waals surface area contributed by atoms with Crippen molar-refractivity contribution < 1.29 is 14.6 Å². The van der Waals surface area contributed by atoms with E-state index in [0.717, 1.165) is 33.1 Å². The number of ether oxygens (including phenoxy) is 1. The normalized spacial score (nSPS) is 10.4. The fourth-order valence-electron chi connectivity index (χ4n) is 2.51. The van der Waals surface area contributed by atoms with E-state index in [1.165, 1.54) is 7.05 Å². The molecular weight excluding hydrogens is 320 g/mol. The maximum atomic E-state index is 12.1. The number of benzene rings is 2. The SMILES string of the molecule is CCc1cc(O)ccc1OCc1c(C)cccc1N(N)C(=O)N(C)N. The van der Waals surface area contributed by atoms with Crippen LogP contribution in [-0.2, 0) is 13.0 Å². The van der Waals surface area contributed by atoms with Gasteiger partial charge in [-0.2, -0.15) is 0 Å². The molecule has 25 heavy (non-hydrogen) atoms. The molecule has 0 fully saturated rings. The Bertz CT molecular complexity index is 762. The van der Waals surface area contributed by atoms with Gasteiger partial charge in [-0.3, -0.25) is 5.01 Å². The van der Waals surface area contributed by atoms with Gasteiger partial charge in [0.2, 0.25) is 0 Å². The van der Waals surface area contributed by atoms with Gasteiger partial charge in [0, 0.05) is 12.6 Å². The van der Waals surface area contributed by atoms with Crippen LogP contribution >= 0.6 is 0 Å². The summed E-state index contributed by atoms with van der Waals surface area (Å²) in [7, 11) is 1.43. The lowest BCUT2D eigenvalue weighted by molar-refractivity contribution is 0.216. The quantitative estimate of drug-likeness (QED) is 0.439. The van der Waals surface area contributed by atoms with E-state index in [-0.39, 0.29) is 12.4 Å². The largest absolute Gasteiger partial charge is 0.508 e. The van der Waals surface area contributed by atoms with E-state index >= 15 is 0 Å². The highest BCUT2D eigenvalue weighted by Gasteiger charge is 2.19. The van der Waals surface area contributed by atoms with Gasteiger partial charge in [-0.25, -0.2) is 21.5 Å². The molecule has 0 aliphatic heterocycles. The Kier molecular flexibility index (Phi) is 5.84. The molecule has 0 aliphatic rings. The van der Waals surface area contributed by atoms with Crippen molar-refractivity contribution in [3.63, 3.8) is 0 Å². The minimum Gasteiger partial charge on any atom is -0.508 e. The second-order valence-electron chi connectivity index (χ2n) is 5.77. The third kappa shape index (κ3) is 4.20. The second-order valence-corrected chi connectivity index (χ2v) is 5.77. The van der Waals surface area contributed by atoms with Crippen molar-refractivity contribution in [2.75, 3.05) is 12.1 Å². The van der Waals surface area contributed by atoms with E-state index in [2.05, 4.69) is 0 Å². The van der Waals surface area contributed by atoms with Gasteiger partial charge < -0.3 is 9.84 Å². The first-order valence-electron chi connectivity index (χ1n) is 7.95. The van der Waals surface area contributed by atoms with Gasteiger partial charge in [0.25, 0.3) is 0 Å². The van der Waals surface area contributed by atoms with Crippen LogP contribution in [0, 0.1) is 6.92 Å². The first kappa shape index (κ1) is 18.6. The third-order valence-electron chi connectivity index (χ3n) is 3.95. The summed E-state index contributed by atoms with van der Waals surface area (Å²) in [4.78, 5) is 12.1. The number of nitrogens with zero attached hydrogens (tertiary/aromatic N) is 2. The maximum Gasteiger partial charge on any atom is 0.352 e. The van der Waals surface area contributed by atoms with Crippen LogP contribution in [0.4, 0.5) is 10.5 Å². The van der Waals surface area contributed by atoms with E-state index in [1.807, 2.05) is 26.0 Å². The summed E-state index contributed by atoms with van der Waals surface area (Å²) in [6.07, 6.45) is 0.726. The number of nitrogens with two attached hydrogens (primary N) is 2. The van der Waals surface area contributed by atoms with Crippen LogP contribution in [0.2, 0.25) is 0 Å². The molecule has 0 heterocycles. The number of anilines is 1. The zero-order valence-corrected chi connectivity index (χ0v) is 14.7. The van der Waals surface area contributed by atoms with Gasteiger partial charge in [-0.05, 0) is 48.7 Å². The van der Waals surface area contributed by atoms with Gasteiger partial charge in [-0.1, -0.05) is 19.1 Å². The Morgan fingerprint density at radius 1 is 1.24 bits per heavy atom. The first-order chi connectivity index (χ1) is 11.8. The van der Waals surface area contributed by atoms with Crippen LogP contribution < -0.4 is 21.4 Å². The number of urea groups is 1. The topological polar surface area (TPSA) is 105 Å². The molecule has 0 bridgehead atoms. The standard InChI is InChI=1S/C18H24N4O3/c1-4-13-10-14(23)8-9-17(13)25-11-15-12(2)6-5-7-16(15)22(20)18(24)21(3)19/h5-10,23H,4,11,19-20H2,1-3H3. The molecular formula is C18H24N4O3. The fraction of sp³-hybridized carbons (Fsp3) is 0.278. The summed E-state index contributed by atoms with van der Waals surface area (Å²) in [5, 5.41) is 11.5. The highest BCUT2D eigenvalue weighted by atomic mass is 16.5. The molecule has 134 valence electrons. The first-order valence-corrected chi connectivity index (χ1v) is 7.95. The van der Waals surface area contributed by atoms with Gasteiger partial charge in [0.1, 0.15) is 18.1 Å². The van der Waals surface area contributed by atoms with Crippen molar-refractivity contribution in [2.24, 2.45) is 11.7 Å². The number of rotatable bonds is 5. The number of aromatic hydroxyl groups is 1. The lowest BCUT2D eigenvalue weighted by atomic mass is 10.1. The van der Waals surface area contributed by atoms with Crippen LogP contribution in [0.1, 0.15) is 23.6 Å². The van der Waals surface area contributed by atoms with Crippen molar-refractivity contribution in [3.05, 3.63) is 53.1 Å². The molecule has 0 atom stereocenters. The van der Waals surface area contributed by atoms with Crippen LogP contribution in [-0.4, -0.2) is 23.2 Å². The number of carbonyl (C=O) groups is 1. The number of phenolic OH excluding ortho intramolecular Hbond substituents is 1. The van der Waals surface area contributed by atoms with Gasteiger partial charge in [0.15, 0.2) is 0 Å². The summed E-state index contributed by atoms with van der Waals surface area (Å²) < 4.78 is 5.93. The van der Waals surface area contributed by atoms with Crippen molar-refractivity contribution in [1.29, 1.82) is 0 Å². The number of phenols is 1. The summed E-state index contributed by atoms with van der Waals surface area (Å²) in [6.45, 7) is 4.14. The molecule has 7 heteroatoms. The minimum atomic E-state index is -0.536. The highest BCUT2D eigenvalue weighted by Crippen LogP contribution is 2.28. The summed E-state index contributed by atoms with van der Waals surface area (Å²) in [5.41, 5.74) is 3.16. The van der Waals surface area contributed by atoms with Crippen molar-refractivity contribution in [2.45, 2.75) is 26.9 Å². The smallest absolute Gasteiger partial charge is 0.352 e. The van der Waals surface area contributed by atoms with Gasteiger partial charge >= 0.3 is 6.03 Å². The lowest BCUT2D eigenvalue weighted by Gasteiger charge is -2.24. The Balaban J connectivity index is 2.30. The second kappa shape index (κ2) is 7.87. The molecule has 7 nitrogen and oxygen atoms in total. The van der Waals surface area contributed by atoms with Gasteiger partial charge in [0.05, 0.1) is 5.69 Å². The molecule has 5 N–H and O–H groups in total. The average Bonchev–Trinajstić information content (AvgIpc) is 2.59. The van der Waals surface area contributed by atoms with Crippen molar-refractivity contribution in [3.8, 4) is 11.5 Å². The number of aryl methyl sites for hydroxylation is 2. The van der Waals surface area contributed by atoms with Crippen LogP contribution in [0.5, 0.6) is 11.5 Å². The zero-order chi connectivity index (χ0) is 18.6. The van der Waals surface area contributed by atoms with Crippen LogP contribution in [0.3, 0.4) is 0 Å². The van der Waals surface area contributed by atoms with Gasteiger partial charge in [-0.15, -0.1) is 0 Å². The summed E-state index contributed by atoms with van der Waals surface area (Å²) in [5.74, 6) is 12.3. The van der Waals surface area contributed by atoms with Crippen LogP contribution in [0.15, 0.2) is 36.4 Å². The molecule has 2 amide bonds. The molecule has 0 unspecified atom stereocenters. The predicted octanol–water partition coefficient (Wildman–Crippen LogP) is 2.45. The Morgan fingerprint density at radius 3 is 2.60 bits per heavy atom. The molecule has 0 aromatic heterocycles. The Labute approximate surface area is 147 Å². The average molecular weight is 344 g/mol. The van der Waals surface area contributed by atoms with E-state index in [9.17, 15) is 9.90 Å². The Morgan fingerprint density at radius 2 is 1.96 bits per heavy atom. The lowest BCUT2D eigenvalue weighted by Crippen LogP contribution is -2.49. The van der Waals surface area contributed by atoms with E-state index < -0.39 is 6.03 Å². The number of amides is 2. The molecule has 0 spiro atoms. The highest BCUT2D eigenvalue weighted by molar-refractivity contribution is 5.91. The van der Waals surface area contributed by atoms with Crippen LogP contribution in [0.25, 0.3) is 0 Å². The molecule has 0 aliphatic carbocycles. The zero-order valence-electron chi connectivity index (χ0n) is 14.7. The third-order valence-corrected chi connectivity index (χ3v) is 3.95. The molecule has 2 aromatic carbocycles. The van der Waals surface area contributed by atoms with E-state index in [0.29, 0.717) is 11.4 Å². The molecule has 0 radical (unpaired) electrons. The number of hydrazine groups is 2. The maximum absolute atomic E-state index is 12.1. The Hall–Kier alpha value is -2.77. The van der Waals surface area contributed by atoms with Crippen molar-refractivity contribution in [1.82, 2.24) is 5.01 Å². The summed E-state index contributed by atoms with van der Waals surface area (Å²) >= 11 is 0. The summed E-state index contributed by atoms with van der Waals surface area (Å²) in [6, 6.07) is 9.92. The number of hydrogen-bond donors (Lipinski definition) is 3. The predicted molar refractivity (Wildman–Crippen MR) is 97.0 cm³/mol. The minimum absolute atomic E-state index is 0.200. The van der Waals surface area contributed by atoms with E-state index in [1.54, 1.807) is 24.3 Å². The molecule has 2 aromatic rings. The molecule has 0 saturated carbocycles. The number of carbonyl (C=O) groups excluding carboxylic acids is 1. The van der Waals surface area contributed by atoms with Crippen molar-refractivity contribution >= 4 is 11.7 Å². The number of hydrogen-bond acceptors (Lipinski definition) is 5. The monoisotopic (exact) mass is 344 g/mol. The fourth-order valence-corrected chi connectivity index (χ4v) is 2.51. The molecule has 2 rings (SSSR count). The molecule has 0 saturated heterocycles.